The van der Waals surface area contributed by atoms with Gasteiger partial charge in [-0.25, -0.2) is 4.85 Å². The van der Waals surface area contributed by atoms with Gasteiger partial charge >= 0.3 is 6.18 Å². The van der Waals surface area contributed by atoms with Crippen LogP contribution in [0.15, 0.2) is 42.5 Å². The number of thiocarbonyl (C=S) groups is 1. The Morgan fingerprint density at radius 2 is 1.79 bits per heavy atom. The van der Waals surface area contributed by atoms with Crippen LogP contribution in [0.4, 0.5) is 30.2 Å². The van der Waals surface area contributed by atoms with Crippen molar-refractivity contribution < 1.29 is 22.8 Å². The molecule has 1 aliphatic heterocycles. The third-order valence-electron chi connectivity index (χ3n) is 6.11. The van der Waals surface area contributed by atoms with Crippen molar-refractivity contribution in [2.24, 2.45) is 5.73 Å². The summed E-state index contributed by atoms with van der Waals surface area (Å²) in [6, 6.07) is 10.4. The molecule has 1 saturated heterocycles. The molecule has 33 heavy (non-hydrogen) atoms. The number of nitrogens with two attached hydrogens (primary N) is 1. The maximum absolute atomic E-state index is 13.5. The van der Waals surface area contributed by atoms with E-state index in [2.05, 4.69) is 4.85 Å². The number of amides is 2. The monoisotopic (exact) mass is 472 g/mol. The van der Waals surface area contributed by atoms with Crippen LogP contribution in [-0.2, 0) is 22.2 Å². The summed E-state index contributed by atoms with van der Waals surface area (Å²) in [6.07, 6.45) is -2.21. The van der Waals surface area contributed by atoms with Crippen LogP contribution in [0.3, 0.4) is 0 Å². The third kappa shape index (κ3) is 3.82. The number of aryl methyl sites for hydroxylation is 1. The summed E-state index contributed by atoms with van der Waals surface area (Å²) in [6.45, 7) is 7.03. The molecule has 1 saturated carbocycles. The van der Waals surface area contributed by atoms with E-state index in [9.17, 15) is 22.8 Å². The zero-order valence-corrected chi connectivity index (χ0v) is 18.2. The van der Waals surface area contributed by atoms with Gasteiger partial charge in [-0.3, -0.25) is 14.5 Å². The minimum absolute atomic E-state index is 0.0171. The Kier molecular flexibility index (Phi) is 5.62. The molecule has 2 aliphatic rings. The molecule has 6 nitrogen and oxygen atoms in total. The summed E-state index contributed by atoms with van der Waals surface area (Å²) in [5.41, 5.74) is 4.13. The van der Waals surface area contributed by atoms with Crippen molar-refractivity contribution in [3.63, 3.8) is 0 Å². The van der Waals surface area contributed by atoms with Crippen LogP contribution >= 0.6 is 12.2 Å². The Balaban J connectivity index is 1.71. The number of anilines is 2. The van der Waals surface area contributed by atoms with Crippen molar-refractivity contribution in [2.45, 2.75) is 43.8 Å². The van der Waals surface area contributed by atoms with E-state index in [4.69, 9.17) is 24.5 Å². The fraction of sp³-hybridized carbons (Fsp3) is 0.304. The molecular formula is C23H19F3N4O2S. The predicted octanol–water partition coefficient (Wildman–Crippen LogP) is 4.73. The summed E-state index contributed by atoms with van der Waals surface area (Å²) < 4.78 is 40.5. The molecule has 1 aliphatic carbocycles. The number of primary amides is 1. The first-order valence-electron chi connectivity index (χ1n) is 10.2. The molecule has 170 valence electrons. The summed E-state index contributed by atoms with van der Waals surface area (Å²) >= 11 is 5.60. The van der Waals surface area contributed by atoms with Gasteiger partial charge in [-0.2, -0.15) is 13.2 Å². The van der Waals surface area contributed by atoms with Crippen molar-refractivity contribution >= 4 is 46.2 Å². The van der Waals surface area contributed by atoms with Gasteiger partial charge in [0.05, 0.1) is 12.1 Å². The number of hydrogen-bond donors (Lipinski definition) is 1. The molecule has 2 N–H and O–H groups in total. The maximum Gasteiger partial charge on any atom is 0.407 e. The highest BCUT2D eigenvalue weighted by atomic mass is 32.1. The van der Waals surface area contributed by atoms with Gasteiger partial charge in [0.15, 0.2) is 10.8 Å². The molecule has 0 atom stereocenters. The fourth-order valence-electron chi connectivity index (χ4n) is 4.27. The van der Waals surface area contributed by atoms with E-state index in [0.717, 1.165) is 29.0 Å². The second kappa shape index (κ2) is 8.15. The Bertz CT molecular complexity index is 1180. The minimum atomic E-state index is -4.74. The maximum atomic E-state index is 13.5. The van der Waals surface area contributed by atoms with E-state index in [1.54, 1.807) is 17.0 Å². The molecule has 2 amide bonds. The van der Waals surface area contributed by atoms with Gasteiger partial charge in [0.1, 0.15) is 5.54 Å². The van der Waals surface area contributed by atoms with Crippen LogP contribution in [0.1, 0.15) is 36.8 Å². The van der Waals surface area contributed by atoms with Crippen molar-refractivity contribution in [3.05, 3.63) is 65.0 Å². The van der Waals surface area contributed by atoms with Crippen molar-refractivity contribution in [2.75, 3.05) is 9.80 Å². The Morgan fingerprint density at radius 3 is 2.30 bits per heavy atom. The number of hydrogen-bond acceptors (Lipinski definition) is 3. The lowest BCUT2D eigenvalue weighted by atomic mass is 9.75. The molecule has 0 bridgehead atoms. The Morgan fingerprint density at radius 1 is 1.15 bits per heavy atom. The second-order valence-electron chi connectivity index (χ2n) is 8.09. The van der Waals surface area contributed by atoms with Crippen molar-refractivity contribution in [1.29, 1.82) is 0 Å². The standard InChI is InChI=1S/C23H19F3N4O2S/c1-28-18-9-8-16(13-17(18)23(24,25)26)29-20(32)22(11-2-12-22)30(21(29)33)15-6-3-14(4-7-15)5-10-19(27)31/h3-4,6-9,13H,2,5,10-12H2,(H2,27,31). The number of benzene rings is 2. The molecule has 1 spiro atoms. The first kappa shape index (κ1) is 22.7. The predicted molar refractivity (Wildman–Crippen MR) is 121 cm³/mol. The van der Waals surface area contributed by atoms with Gasteiger partial charge in [0.2, 0.25) is 5.91 Å². The van der Waals surface area contributed by atoms with Gasteiger partial charge in [0.25, 0.3) is 5.91 Å². The number of carbonyl (C=O) groups excluding carboxylic acids is 2. The highest BCUT2D eigenvalue weighted by molar-refractivity contribution is 7.81. The van der Waals surface area contributed by atoms with E-state index in [-0.39, 0.29) is 23.1 Å². The number of alkyl halides is 3. The first-order chi connectivity index (χ1) is 15.6. The summed E-state index contributed by atoms with van der Waals surface area (Å²) in [5, 5.41) is 0.0910. The lowest BCUT2D eigenvalue weighted by Crippen LogP contribution is -2.55. The molecular weight excluding hydrogens is 453 g/mol. The zero-order chi connectivity index (χ0) is 24.0. The summed E-state index contributed by atoms with van der Waals surface area (Å²) in [5.74, 6) is -0.780. The van der Waals surface area contributed by atoms with Gasteiger partial charge in [-0.1, -0.05) is 18.2 Å². The molecule has 2 fully saturated rings. The molecule has 1 heterocycles. The van der Waals surface area contributed by atoms with Crippen LogP contribution in [0.25, 0.3) is 4.85 Å². The van der Waals surface area contributed by atoms with E-state index in [0.29, 0.717) is 24.9 Å². The van der Waals surface area contributed by atoms with Gasteiger partial charge in [-0.15, -0.1) is 0 Å². The average Bonchev–Trinajstić information content (AvgIpc) is 2.98. The van der Waals surface area contributed by atoms with Crippen LogP contribution < -0.4 is 15.5 Å². The van der Waals surface area contributed by atoms with E-state index < -0.39 is 28.9 Å². The van der Waals surface area contributed by atoms with E-state index in [1.165, 1.54) is 6.07 Å². The zero-order valence-electron chi connectivity index (χ0n) is 17.4. The molecule has 2 aromatic rings. The summed E-state index contributed by atoms with van der Waals surface area (Å²) in [7, 11) is 0. The van der Waals surface area contributed by atoms with Gasteiger partial charge < -0.3 is 10.6 Å². The Hall–Kier alpha value is -3.45. The molecule has 0 radical (unpaired) electrons. The van der Waals surface area contributed by atoms with Crippen LogP contribution in [0.5, 0.6) is 0 Å². The normalized spacial score (nSPS) is 17.3. The number of rotatable bonds is 5. The molecule has 0 aromatic heterocycles. The van der Waals surface area contributed by atoms with Crippen LogP contribution in [0, 0.1) is 6.57 Å². The lowest BCUT2D eigenvalue weighted by molar-refractivity contribution is -0.137. The van der Waals surface area contributed by atoms with Crippen LogP contribution in [-0.4, -0.2) is 22.5 Å². The number of nitrogens with zero attached hydrogens (tertiary/aromatic N) is 3. The summed E-state index contributed by atoms with van der Waals surface area (Å²) in [4.78, 5) is 30.3. The third-order valence-corrected chi connectivity index (χ3v) is 6.48. The van der Waals surface area contributed by atoms with Gasteiger partial charge in [0, 0.05) is 17.8 Å². The molecule has 10 heteroatoms. The SMILES string of the molecule is [C-]#[N+]c1ccc(N2C(=O)C3(CCC3)N(c3ccc(CCC(N)=O)cc3)C2=S)cc1C(F)(F)F. The van der Waals surface area contributed by atoms with E-state index in [1.807, 2.05) is 12.1 Å². The van der Waals surface area contributed by atoms with Crippen LogP contribution in [0.2, 0.25) is 0 Å². The van der Waals surface area contributed by atoms with Crippen molar-refractivity contribution in [3.8, 4) is 0 Å². The second-order valence-corrected chi connectivity index (χ2v) is 8.45. The van der Waals surface area contributed by atoms with E-state index >= 15 is 0 Å². The highest BCUT2D eigenvalue weighted by Gasteiger charge is 2.59. The molecule has 0 unspecified atom stereocenters. The van der Waals surface area contributed by atoms with Crippen molar-refractivity contribution in [1.82, 2.24) is 0 Å². The minimum Gasteiger partial charge on any atom is -0.370 e. The number of carbonyl (C=O) groups is 2. The quantitative estimate of drug-likeness (QED) is 0.504. The fourth-order valence-corrected chi connectivity index (χ4v) is 4.74. The molecule has 4 rings (SSSR count). The number of halogens is 3. The topological polar surface area (TPSA) is 71.0 Å². The molecule has 2 aromatic carbocycles. The van der Waals surface area contributed by atoms with Gasteiger partial charge in [-0.05, 0) is 67.7 Å². The lowest BCUT2D eigenvalue weighted by Gasteiger charge is -2.43. The first-order valence-corrected chi connectivity index (χ1v) is 10.6. The smallest absolute Gasteiger partial charge is 0.370 e. The Labute approximate surface area is 193 Å². The average molecular weight is 472 g/mol. The largest absolute Gasteiger partial charge is 0.407 e. The highest BCUT2D eigenvalue weighted by Crippen LogP contribution is 2.48.